The first-order chi connectivity index (χ1) is 12.1. The number of nitrogens with zero attached hydrogens (tertiary/aromatic N) is 4. The standard InChI is InChI=1S/C19H26N4O2/c1-3-14-7-4-5-8-15(14)11-18(25)23-10-6-9-16(12-23)19-21-20-17(13-24)22(19)2/h4-5,7-8,16,24H,3,6,9-13H2,1-2H3. The fraction of sp³-hybridized carbons (Fsp3) is 0.526. The maximum Gasteiger partial charge on any atom is 0.227 e. The van der Waals surface area contributed by atoms with Crippen LogP contribution < -0.4 is 0 Å². The molecule has 1 N–H and O–H groups in total. The van der Waals surface area contributed by atoms with Gasteiger partial charge in [0.05, 0.1) is 6.42 Å². The second-order valence-corrected chi connectivity index (χ2v) is 6.67. The van der Waals surface area contributed by atoms with Crippen molar-refractivity contribution in [3.8, 4) is 0 Å². The Hall–Kier alpha value is -2.21. The molecule has 6 heteroatoms. The SMILES string of the molecule is CCc1ccccc1CC(=O)N1CCCC(c2nnc(CO)n2C)C1. The van der Waals surface area contributed by atoms with E-state index in [0.29, 0.717) is 18.8 Å². The molecular formula is C19H26N4O2. The average Bonchev–Trinajstić information content (AvgIpc) is 3.02. The molecular weight excluding hydrogens is 316 g/mol. The van der Waals surface area contributed by atoms with E-state index in [2.05, 4.69) is 23.2 Å². The number of piperidine rings is 1. The first-order valence-corrected chi connectivity index (χ1v) is 8.97. The van der Waals surface area contributed by atoms with Crippen molar-refractivity contribution >= 4 is 5.91 Å². The van der Waals surface area contributed by atoms with E-state index in [4.69, 9.17) is 0 Å². The minimum absolute atomic E-state index is 0.118. The first kappa shape index (κ1) is 17.6. The smallest absolute Gasteiger partial charge is 0.227 e. The lowest BCUT2D eigenvalue weighted by molar-refractivity contribution is -0.131. The lowest BCUT2D eigenvalue weighted by Gasteiger charge is -2.32. The molecule has 0 radical (unpaired) electrons. The first-order valence-electron chi connectivity index (χ1n) is 8.97. The van der Waals surface area contributed by atoms with Gasteiger partial charge in [-0.05, 0) is 30.4 Å². The van der Waals surface area contributed by atoms with Crippen molar-refractivity contribution in [2.24, 2.45) is 7.05 Å². The predicted molar refractivity (Wildman–Crippen MR) is 95.0 cm³/mol. The van der Waals surface area contributed by atoms with E-state index in [1.807, 2.05) is 34.7 Å². The molecule has 1 aliphatic heterocycles. The highest BCUT2D eigenvalue weighted by Gasteiger charge is 2.28. The Morgan fingerprint density at radius 2 is 2.04 bits per heavy atom. The summed E-state index contributed by atoms with van der Waals surface area (Å²) in [4.78, 5) is 14.8. The van der Waals surface area contributed by atoms with Crippen LogP contribution in [0.1, 0.15) is 48.5 Å². The maximum atomic E-state index is 12.8. The molecule has 0 saturated carbocycles. The molecule has 134 valence electrons. The zero-order valence-electron chi connectivity index (χ0n) is 15.0. The number of aliphatic hydroxyl groups is 1. The third-order valence-electron chi connectivity index (χ3n) is 5.12. The van der Waals surface area contributed by atoms with Crippen LogP contribution in [0.15, 0.2) is 24.3 Å². The van der Waals surface area contributed by atoms with Gasteiger partial charge < -0.3 is 14.6 Å². The number of likely N-dealkylation sites (tertiary alicyclic amines) is 1. The Bertz CT molecular complexity index is 741. The highest BCUT2D eigenvalue weighted by molar-refractivity contribution is 5.79. The van der Waals surface area contributed by atoms with Crippen molar-refractivity contribution in [1.82, 2.24) is 19.7 Å². The Morgan fingerprint density at radius 3 is 2.72 bits per heavy atom. The molecule has 1 amide bonds. The summed E-state index contributed by atoms with van der Waals surface area (Å²) in [6.45, 7) is 3.47. The summed E-state index contributed by atoms with van der Waals surface area (Å²) in [5.41, 5.74) is 2.36. The van der Waals surface area contributed by atoms with Crippen molar-refractivity contribution in [3.63, 3.8) is 0 Å². The molecule has 1 fully saturated rings. The van der Waals surface area contributed by atoms with Crippen molar-refractivity contribution in [2.75, 3.05) is 13.1 Å². The molecule has 1 saturated heterocycles. The van der Waals surface area contributed by atoms with E-state index in [9.17, 15) is 9.90 Å². The summed E-state index contributed by atoms with van der Waals surface area (Å²) in [6.07, 6.45) is 3.35. The van der Waals surface area contributed by atoms with Crippen LogP contribution in [-0.2, 0) is 31.3 Å². The van der Waals surface area contributed by atoms with E-state index < -0.39 is 0 Å². The average molecular weight is 342 g/mol. The number of carbonyl (C=O) groups excluding carboxylic acids is 1. The van der Waals surface area contributed by atoms with Crippen LogP contribution >= 0.6 is 0 Å². The molecule has 25 heavy (non-hydrogen) atoms. The third kappa shape index (κ3) is 3.74. The number of hydrogen-bond acceptors (Lipinski definition) is 4. The zero-order chi connectivity index (χ0) is 17.8. The fourth-order valence-electron chi connectivity index (χ4n) is 3.63. The molecule has 0 bridgehead atoms. The Kier molecular flexibility index (Phi) is 5.48. The highest BCUT2D eigenvalue weighted by Crippen LogP contribution is 2.26. The second-order valence-electron chi connectivity index (χ2n) is 6.67. The number of hydrogen-bond donors (Lipinski definition) is 1. The molecule has 1 aromatic heterocycles. The van der Waals surface area contributed by atoms with Gasteiger partial charge >= 0.3 is 0 Å². The number of carbonyl (C=O) groups is 1. The Morgan fingerprint density at radius 1 is 1.28 bits per heavy atom. The minimum atomic E-state index is -0.118. The number of aliphatic hydroxyl groups excluding tert-OH is 1. The van der Waals surface area contributed by atoms with Crippen molar-refractivity contribution in [2.45, 2.75) is 45.1 Å². The molecule has 6 nitrogen and oxygen atoms in total. The quantitative estimate of drug-likeness (QED) is 0.900. The molecule has 3 rings (SSSR count). The van der Waals surface area contributed by atoms with Gasteiger partial charge in [-0.3, -0.25) is 4.79 Å². The van der Waals surface area contributed by atoms with Crippen LogP contribution in [0.5, 0.6) is 0 Å². The van der Waals surface area contributed by atoms with Crippen LogP contribution in [0.25, 0.3) is 0 Å². The van der Waals surface area contributed by atoms with Crippen molar-refractivity contribution < 1.29 is 9.90 Å². The van der Waals surface area contributed by atoms with Gasteiger partial charge in [0.15, 0.2) is 5.82 Å². The van der Waals surface area contributed by atoms with Gasteiger partial charge in [-0.1, -0.05) is 31.2 Å². The van der Waals surface area contributed by atoms with Crippen LogP contribution in [-0.4, -0.2) is 43.8 Å². The van der Waals surface area contributed by atoms with Crippen LogP contribution in [0.3, 0.4) is 0 Å². The lowest BCUT2D eigenvalue weighted by atomic mass is 9.96. The monoisotopic (exact) mass is 342 g/mol. The largest absolute Gasteiger partial charge is 0.388 e. The van der Waals surface area contributed by atoms with Crippen molar-refractivity contribution in [3.05, 3.63) is 47.0 Å². The summed E-state index contributed by atoms with van der Waals surface area (Å²) in [7, 11) is 1.87. The van der Waals surface area contributed by atoms with Crippen LogP contribution in [0.4, 0.5) is 0 Å². The van der Waals surface area contributed by atoms with Gasteiger partial charge in [-0.15, -0.1) is 10.2 Å². The maximum absolute atomic E-state index is 12.8. The molecule has 1 aromatic carbocycles. The molecule has 2 aromatic rings. The topological polar surface area (TPSA) is 71.2 Å². The van der Waals surface area contributed by atoms with E-state index in [1.54, 1.807) is 0 Å². The summed E-state index contributed by atoms with van der Waals surface area (Å²) < 4.78 is 1.85. The molecule has 1 aliphatic rings. The van der Waals surface area contributed by atoms with E-state index >= 15 is 0 Å². The van der Waals surface area contributed by atoms with Crippen molar-refractivity contribution in [1.29, 1.82) is 0 Å². The summed E-state index contributed by atoms with van der Waals surface area (Å²) >= 11 is 0. The van der Waals surface area contributed by atoms with Gasteiger partial charge in [-0.2, -0.15) is 0 Å². The van der Waals surface area contributed by atoms with Gasteiger partial charge in [0, 0.05) is 26.1 Å². The second kappa shape index (κ2) is 7.78. The zero-order valence-corrected chi connectivity index (χ0v) is 15.0. The Labute approximate surface area is 148 Å². The van der Waals surface area contributed by atoms with E-state index in [-0.39, 0.29) is 18.4 Å². The number of benzene rings is 1. The van der Waals surface area contributed by atoms with Gasteiger partial charge in [0.25, 0.3) is 0 Å². The number of aryl methyl sites for hydroxylation is 1. The van der Waals surface area contributed by atoms with E-state index in [0.717, 1.165) is 37.2 Å². The highest BCUT2D eigenvalue weighted by atomic mass is 16.3. The summed E-state index contributed by atoms with van der Waals surface area (Å²) in [6, 6.07) is 8.17. The number of aromatic nitrogens is 3. The van der Waals surface area contributed by atoms with Crippen LogP contribution in [0, 0.1) is 0 Å². The third-order valence-corrected chi connectivity index (χ3v) is 5.12. The molecule has 1 unspecified atom stereocenters. The molecule has 0 spiro atoms. The summed E-state index contributed by atoms with van der Waals surface area (Å²) in [5, 5.41) is 17.6. The van der Waals surface area contributed by atoms with E-state index in [1.165, 1.54) is 5.56 Å². The van der Waals surface area contributed by atoms with Gasteiger partial charge in [0.1, 0.15) is 12.4 Å². The van der Waals surface area contributed by atoms with Gasteiger partial charge in [0.2, 0.25) is 5.91 Å². The fourth-order valence-corrected chi connectivity index (χ4v) is 3.63. The minimum Gasteiger partial charge on any atom is -0.388 e. The molecule has 2 heterocycles. The predicted octanol–water partition coefficient (Wildman–Crippen LogP) is 1.82. The summed E-state index contributed by atoms with van der Waals surface area (Å²) in [5.74, 6) is 1.78. The number of rotatable bonds is 5. The molecule has 1 atom stereocenters. The Balaban J connectivity index is 1.70. The lowest BCUT2D eigenvalue weighted by Crippen LogP contribution is -2.40. The number of amides is 1. The normalized spacial score (nSPS) is 17.7. The van der Waals surface area contributed by atoms with Gasteiger partial charge in [-0.25, -0.2) is 0 Å². The van der Waals surface area contributed by atoms with Crippen LogP contribution in [0.2, 0.25) is 0 Å². The molecule has 0 aliphatic carbocycles.